The van der Waals surface area contributed by atoms with Crippen LogP contribution in [0.4, 0.5) is 0 Å². The van der Waals surface area contributed by atoms with Gasteiger partial charge in [-0.1, -0.05) is 24.3 Å². The van der Waals surface area contributed by atoms with Crippen LogP contribution in [0.5, 0.6) is 0 Å². The Balaban J connectivity index is 1.88. The number of fused-ring (bicyclic) bond motifs is 1. The zero-order valence-corrected chi connectivity index (χ0v) is 14.3. The van der Waals surface area contributed by atoms with Gasteiger partial charge in [-0.2, -0.15) is 0 Å². The highest BCUT2D eigenvalue weighted by molar-refractivity contribution is 9.10. The van der Waals surface area contributed by atoms with Crippen LogP contribution in [0.1, 0.15) is 11.1 Å². The zero-order chi connectivity index (χ0) is 17.3. The Morgan fingerprint density at radius 3 is 2.58 bits per heavy atom. The lowest BCUT2D eigenvalue weighted by molar-refractivity contribution is -0.151. The lowest BCUT2D eigenvalue weighted by Gasteiger charge is -2.34. The standard InChI is InChI=1S/C17H15BrN2O4/c18-13-5-6-15(21)19(9-13)10-16(22)20-8-12-4-2-1-3-11(12)7-14(20)17(23)24/h1-6,9,14H,7-8,10H2,(H,23,24). The first-order valence-electron chi connectivity index (χ1n) is 7.41. The zero-order valence-electron chi connectivity index (χ0n) is 12.7. The normalized spacial score (nSPS) is 16.5. The van der Waals surface area contributed by atoms with Gasteiger partial charge in [0.1, 0.15) is 12.6 Å². The third-order valence-electron chi connectivity index (χ3n) is 4.11. The molecule has 24 heavy (non-hydrogen) atoms. The molecular weight excluding hydrogens is 376 g/mol. The number of pyridine rings is 1. The Bertz CT molecular complexity index is 862. The number of aromatic nitrogens is 1. The monoisotopic (exact) mass is 390 g/mol. The Labute approximate surface area is 146 Å². The predicted molar refractivity (Wildman–Crippen MR) is 90.5 cm³/mol. The number of carbonyl (C=O) groups excluding carboxylic acids is 1. The van der Waals surface area contributed by atoms with Crippen molar-refractivity contribution in [3.8, 4) is 0 Å². The van der Waals surface area contributed by atoms with Gasteiger partial charge in [-0.25, -0.2) is 4.79 Å². The molecule has 1 N–H and O–H groups in total. The Morgan fingerprint density at radius 2 is 1.88 bits per heavy atom. The summed E-state index contributed by atoms with van der Waals surface area (Å²) in [5.41, 5.74) is 1.56. The average molecular weight is 391 g/mol. The summed E-state index contributed by atoms with van der Waals surface area (Å²) in [6.07, 6.45) is 1.79. The molecule has 2 aromatic rings. The highest BCUT2D eigenvalue weighted by atomic mass is 79.9. The SMILES string of the molecule is O=C(O)C1Cc2ccccc2CN1C(=O)Cn1cc(Br)ccc1=O. The van der Waals surface area contributed by atoms with Crippen molar-refractivity contribution in [1.82, 2.24) is 9.47 Å². The smallest absolute Gasteiger partial charge is 0.326 e. The van der Waals surface area contributed by atoms with E-state index < -0.39 is 17.9 Å². The van der Waals surface area contributed by atoms with Crippen molar-refractivity contribution in [2.45, 2.75) is 25.6 Å². The first-order valence-corrected chi connectivity index (χ1v) is 8.20. The van der Waals surface area contributed by atoms with Crippen molar-refractivity contribution in [3.05, 3.63) is 68.5 Å². The molecule has 0 saturated heterocycles. The first kappa shape index (κ1) is 16.4. The highest BCUT2D eigenvalue weighted by Gasteiger charge is 2.34. The minimum atomic E-state index is -1.04. The molecule has 6 nitrogen and oxygen atoms in total. The largest absolute Gasteiger partial charge is 0.480 e. The van der Waals surface area contributed by atoms with Gasteiger partial charge in [0.25, 0.3) is 5.56 Å². The van der Waals surface area contributed by atoms with Crippen LogP contribution in [0.15, 0.2) is 51.9 Å². The molecule has 1 aliphatic heterocycles. The minimum Gasteiger partial charge on any atom is -0.480 e. The molecule has 1 aliphatic rings. The predicted octanol–water partition coefficient (Wildman–Crippen LogP) is 1.65. The molecule has 1 amide bonds. The second-order valence-electron chi connectivity index (χ2n) is 5.66. The Kier molecular flexibility index (Phi) is 4.53. The quantitative estimate of drug-likeness (QED) is 0.863. The third kappa shape index (κ3) is 3.26. The van der Waals surface area contributed by atoms with Crippen molar-refractivity contribution in [2.75, 3.05) is 0 Å². The lowest BCUT2D eigenvalue weighted by Crippen LogP contribution is -2.50. The average Bonchev–Trinajstić information content (AvgIpc) is 2.56. The van der Waals surface area contributed by atoms with Crippen molar-refractivity contribution in [1.29, 1.82) is 0 Å². The fourth-order valence-electron chi connectivity index (χ4n) is 2.87. The van der Waals surface area contributed by atoms with Crippen LogP contribution in [-0.2, 0) is 29.1 Å². The highest BCUT2D eigenvalue weighted by Crippen LogP contribution is 2.23. The number of halogens is 1. The van der Waals surface area contributed by atoms with E-state index >= 15 is 0 Å². The molecule has 0 radical (unpaired) electrons. The van der Waals surface area contributed by atoms with E-state index in [1.807, 2.05) is 24.3 Å². The molecule has 1 unspecified atom stereocenters. The molecule has 1 atom stereocenters. The maximum Gasteiger partial charge on any atom is 0.326 e. The van der Waals surface area contributed by atoms with Gasteiger partial charge in [0, 0.05) is 29.7 Å². The van der Waals surface area contributed by atoms with Gasteiger partial charge in [-0.05, 0) is 33.1 Å². The summed E-state index contributed by atoms with van der Waals surface area (Å²) in [4.78, 5) is 37.4. The molecule has 0 aliphatic carbocycles. The number of rotatable bonds is 3. The van der Waals surface area contributed by atoms with Gasteiger partial charge in [-0.15, -0.1) is 0 Å². The summed E-state index contributed by atoms with van der Waals surface area (Å²) < 4.78 is 1.94. The van der Waals surface area contributed by atoms with Crippen LogP contribution in [0.2, 0.25) is 0 Å². The van der Waals surface area contributed by atoms with E-state index in [0.717, 1.165) is 11.1 Å². The molecule has 0 bridgehead atoms. The number of hydrogen-bond donors (Lipinski definition) is 1. The second kappa shape index (κ2) is 6.60. The first-order chi connectivity index (χ1) is 11.5. The van der Waals surface area contributed by atoms with Crippen molar-refractivity contribution in [2.24, 2.45) is 0 Å². The molecule has 7 heteroatoms. The van der Waals surface area contributed by atoms with Crippen LogP contribution in [-0.4, -0.2) is 32.5 Å². The fourth-order valence-corrected chi connectivity index (χ4v) is 3.25. The van der Waals surface area contributed by atoms with E-state index in [-0.39, 0.29) is 25.1 Å². The van der Waals surface area contributed by atoms with Crippen LogP contribution in [0.25, 0.3) is 0 Å². The summed E-state index contributed by atoms with van der Waals surface area (Å²) in [6.45, 7) is 0.0406. The maximum absolute atomic E-state index is 12.6. The topological polar surface area (TPSA) is 79.6 Å². The summed E-state index contributed by atoms with van der Waals surface area (Å²) in [6, 6.07) is 9.52. The van der Waals surface area contributed by atoms with E-state index in [2.05, 4.69) is 15.9 Å². The second-order valence-corrected chi connectivity index (χ2v) is 6.58. The maximum atomic E-state index is 12.6. The van der Waals surface area contributed by atoms with E-state index in [1.165, 1.54) is 21.7 Å². The molecule has 2 heterocycles. The van der Waals surface area contributed by atoms with Crippen molar-refractivity contribution < 1.29 is 14.7 Å². The van der Waals surface area contributed by atoms with Crippen molar-refractivity contribution >= 4 is 27.8 Å². The van der Waals surface area contributed by atoms with Gasteiger partial charge in [0.2, 0.25) is 5.91 Å². The van der Waals surface area contributed by atoms with E-state index in [4.69, 9.17) is 0 Å². The molecule has 1 aromatic heterocycles. The molecule has 1 aromatic carbocycles. The molecule has 0 fully saturated rings. The fraction of sp³-hybridized carbons (Fsp3) is 0.235. The van der Waals surface area contributed by atoms with Gasteiger partial charge in [0.05, 0.1) is 0 Å². The van der Waals surface area contributed by atoms with E-state index in [0.29, 0.717) is 4.47 Å². The number of carboxylic acids is 1. The minimum absolute atomic E-state index is 0.190. The number of nitrogens with zero attached hydrogens (tertiary/aromatic N) is 2. The van der Waals surface area contributed by atoms with Gasteiger partial charge < -0.3 is 14.6 Å². The van der Waals surface area contributed by atoms with E-state index in [1.54, 1.807) is 6.07 Å². The number of hydrogen-bond acceptors (Lipinski definition) is 3. The molecule has 3 rings (SSSR count). The van der Waals surface area contributed by atoms with E-state index in [9.17, 15) is 19.5 Å². The Hall–Kier alpha value is -2.41. The van der Waals surface area contributed by atoms with Gasteiger partial charge in [0.15, 0.2) is 0 Å². The number of benzene rings is 1. The number of carbonyl (C=O) groups is 2. The van der Waals surface area contributed by atoms with Crippen LogP contribution in [0.3, 0.4) is 0 Å². The molecular formula is C17H15BrN2O4. The van der Waals surface area contributed by atoms with Gasteiger partial charge in [-0.3, -0.25) is 9.59 Å². The summed E-state index contributed by atoms with van der Waals surface area (Å²) >= 11 is 3.26. The Morgan fingerprint density at radius 1 is 1.17 bits per heavy atom. The number of carboxylic acid groups (broad SMARTS) is 1. The van der Waals surface area contributed by atoms with Crippen LogP contribution >= 0.6 is 15.9 Å². The molecule has 0 spiro atoms. The molecule has 124 valence electrons. The number of aliphatic carboxylic acids is 1. The third-order valence-corrected chi connectivity index (χ3v) is 4.58. The summed E-state index contributed by atoms with van der Waals surface area (Å²) in [5, 5.41) is 9.48. The summed E-state index contributed by atoms with van der Waals surface area (Å²) in [7, 11) is 0. The van der Waals surface area contributed by atoms with Crippen molar-refractivity contribution in [3.63, 3.8) is 0 Å². The summed E-state index contributed by atoms with van der Waals surface area (Å²) in [5.74, 6) is -1.43. The lowest BCUT2D eigenvalue weighted by atomic mass is 9.94. The van der Waals surface area contributed by atoms with Crippen LogP contribution < -0.4 is 5.56 Å². The number of amides is 1. The van der Waals surface area contributed by atoms with Gasteiger partial charge >= 0.3 is 5.97 Å². The molecule has 0 saturated carbocycles. The van der Waals surface area contributed by atoms with Crippen LogP contribution in [0, 0.1) is 0 Å².